The highest BCUT2D eigenvalue weighted by molar-refractivity contribution is 8.01. The van der Waals surface area contributed by atoms with Crippen LogP contribution in [0, 0.1) is 0 Å². The van der Waals surface area contributed by atoms with Gasteiger partial charge in [0.15, 0.2) is 4.34 Å². The molecule has 0 aliphatic carbocycles. The first-order valence-electron chi connectivity index (χ1n) is 7.90. The molecule has 3 rings (SSSR count). The maximum Gasteiger partial charge on any atom is 0.257 e. The third kappa shape index (κ3) is 5.45. The van der Waals surface area contributed by atoms with Gasteiger partial charge in [0, 0.05) is 22.0 Å². The van der Waals surface area contributed by atoms with Gasteiger partial charge in [0.05, 0.1) is 0 Å². The predicted octanol–water partition coefficient (Wildman–Crippen LogP) is 5.36. The van der Waals surface area contributed by atoms with Gasteiger partial charge in [-0.2, -0.15) is 0 Å². The molecule has 1 heterocycles. The molecule has 0 bridgehead atoms. The molecule has 0 radical (unpaired) electrons. The van der Waals surface area contributed by atoms with E-state index in [1.165, 1.54) is 21.8 Å². The van der Waals surface area contributed by atoms with Crippen LogP contribution < -0.4 is 5.32 Å². The second kappa shape index (κ2) is 9.56. The van der Waals surface area contributed by atoms with Gasteiger partial charge in [-0.1, -0.05) is 59.5 Å². The van der Waals surface area contributed by atoms with E-state index in [0.717, 1.165) is 15.8 Å². The Morgan fingerprint density at radius 1 is 1.08 bits per heavy atom. The zero-order chi connectivity index (χ0) is 18.2. The largest absolute Gasteiger partial charge is 0.296 e. The summed E-state index contributed by atoms with van der Waals surface area (Å²) in [5.41, 5.74) is 1.78. The van der Waals surface area contributed by atoms with Crippen LogP contribution in [0.3, 0.4) is 0 Å². The van der Waals surface area contributed by atoms with Crippen LogP contribution in [0.4, 0.5) is 5.13 Å². The van der Waals surface area contributed by atoms with E-state index < -0.39 is 0 Å². The first-order chi connectivity index (χ1) is 12.7. The zero-order valence-corrected chi connectivity index (χ0v) is 16.4. The molecule has 0 aliphatic heterocycles. The smallest absolute Gasteiger partial charge is 0.257 e. The van der Waals surface area contributed by atoms with Gasteiger partial charge in [0.2, 0.25) is 5.13 Å². The molecule has 0 spiro atoms. The summed E-state index contributed by atoms with van der Waals surface area (Å²) in [6, 6.07) is 17.9. The topological polar surface area (TPSA) is 54.9 Å². The number of hydrogen-bond acceptors (Lipinski definition) is 6. The lowest BCUT2D eigenvalue weighted by molar-refractivity contribution is 0.102. The van der Waals surface area contributed by atoms with Gasteiger partial charge < -0.3 is 0 Å². The average molecular weight is 400 g/mol. The van der Waals surface area contributed by atoms with Crippen LogP contribution in [-0.4, -0.2) is 21.9 Å². The van der Waals surface area contributed by atoms with Gasteiger partial charge in [-0.25, -0.2) is 0 Å². The number of nitrogens with one attached hydrogen (secondary N) is 1. The number of aromatic nitrogens is 2. The minimum Gasteiger partial charge on any atom is -0.296 e. The van der Waals surface area contributed by atoms with Crippen LogP contribution in [0.5, 0.6) is 0 Å². The highest BCUT2D eigenvalue weighted by Crippen LogP contribution is 2.26. The van der Waals surface area contributed by atoms with E-state index in [-0.39, 0.29) is 5.91 Å². The van der Waals surface area contributed by atoms with Gasteiger partial charge in [-0.05, 0) is 29.8 Å². The Morgan fingerprint density at radius 2 is 1.85 bits per heavy atom. The zero-order valence-electron chi connectivity index (χ0n) is 13.9. The Labute approximate surface area is 165 Å². The molecule has 4 nitrogen and oxygen atoms in total. The molecule has 1 N–H and O–H groups in total. The molecule has 0 saturated carbocycles. The molecule has 0 saturated heterocycles. The first kappa shape index (κ1) is 18.7. The van der Waals surface area contributed by atoms with Crippen molar-refractivity contribution < 1.29 is 4.79 Å². The monoisotopic (exact) mass is 399 g/mol. The van der Waals surface area contributed by atoms with E-state index in [0.29, 0.717) is 10.7 Å². The number of hydrogen-bond donors (Lipinski definition) is 1. The molecule has 1 amide bonds. The number of carbonyl (C=O) groups is 1. The Balaban J connectivity index is 1.54. The summed E-state index contributed by atoms with van der Waals surface area (Å²) in [7, 11) is 0. The summed E-state index contributed by atoms with van der Waals surface area (Å²) < 4.78 is 0.813. The number of rotatable bonds is 8. The summed E-state index contributed by atoms with van der Waals surface area (Å²) in [6.07, 6.45) is 1.81. The lowest BCUT2D eigenvalue weighted by Gasteiger charge is -2.04. The highest BCUT2D eigenvalue weighted by Gasteiger charge is 2.10. The number of nitrogens with zero attached hydrogens (tertiary/aromatic N) is 2. The number of benzene rings is 2. The van der Waals surface area contributed by atoms with Gasteiger partial charge in [0.1, 0.15) is 0 Å². The molecule has 3 aromatic rings. The number of carbonyl (C=O) groups excluding carboxylic acids is 1. The molecule has 7 heteroatoms. The normalized spacial score (nSPS) is 10.5. The van der Waals surface area contributed by atoms with Crippen molar-refractivity contribution in [1.82, 2.24) is 10.2 Å². The highest BCUT2D eigenvalue weighted by atomic mass is 32.2. The fraction of sp³-hybridized carbons (Fsp3) is 0.105. The van der Waals surface area contributed by atoms with Crippen molar-refractivity contribution >= 4 is 45.9 Å². The lowest BCUT2D eigenvalue weighted by atomic mass is 10.1. The van der Waals surface area contributed by atoms with E-state index in [1.807, 2.05) is 48.5 Å². The summed E-state index contributed by atoms with van der Waals surface area (Å²) in [4.78, 5) is 13.6. The Morgan fingerprint density at radius 3 is 2.58 bits per heavy atom. The van der Waals surface area contributed by atoms with E-state index in [2.05, 4.69) is 34.2 Å². The van der Waals surface area contributed by atoms with Crippen molar-refractivity contribution in [2.75, 3.05) is 11.1 Å². The summed E-state index contributed by atoms with van der Waals surface area (Å²) in [5, 5.41) is 11.3. The van der Waals surface area contributed by atoms with Crippen LogP contribution >= 0.6 is 34.9 Å². The summed E-state index contributed by atoms with van der Waals surface area (Å²) in [6.45, 7) is 3.67. The van der Waals surface area contributed by atoms with Crippen molar-refractivity contribution in [2.45, 2.75) is 15.0 Å². The quantitative estimate of drug-likeness (QED) is 0.314. The molecule has 1 aromatic heterocycles. The molecule has 0 unspecified atom stereocenters. The van der Waals surface area contributed by atoms with Crippen molar-refractivity contribution in [2.24, 2.45) is 0 Å². The first-order valence-corrected chi connectivity index (χ1v) is 10.7. The van der Waals surface area contributed by atoms with Crippen molar-refractivity contribution in [3.8, 4) is 0 Å². The van der Waals surface area contributed by atoms with E-state index >= 15 is 0 Å². The van der Waals surface area contributed by atoms with E-state index in [4.69, 9.17) is 0 Å². The Kier molecular flexibility index (Phi) is 6.88. The van der Waals surface area contributed by atoms with Crippen LogP contribution in [0.2, 0.25) is 0 Å². The maximum atomic E-state index is 12.3. The molecule has 0 atom stereocenters. The fourth-order valence-corrected chi connectivity index (χ4v) is 4.44. The maximum absolute atomic E-state index is 12.3. The van der Waals surface area contributed by atoms with Crippen LogP contribution in [0.25, 0.3) is 0 Å². The predicted molar refractivity (Wildman–Crippen MR) is 111 cm³/mol. The molecule has 0 aliphatic rings. The molecule has 132 valence electrons. The van der Waals surface area contributed by atoms with Gasteiger partial charge >= 0.3 is 0 Å². The minimum absolute atomic E-state index is 0.177. The van der Waals surface area contributed by atoms with Gasteiger partial charge in [-0.3, -0.25) is 10.1 Å². The van der Waals surface area contributed by atoms with E-state index in [9.17, 15) is 4.79 Å². The Bertz CT molecular complexity index is 863. The number of anilines is 1. The molecule has 26 heavy (non-hydrogen) atoms. The third-order valence-corrected chi connectivity index (χ3v) is 6.37. The number of amides is 1. The van der Waals surface area contributed by atoms with Crippen LogP contribution in [0.15, 0.2) is 76.5 Å². The van der Waals surface area contributed by atoms with Gasteiger partial charge in [0.25, 0.3) is 5.91 Å². The Hall–Kier alpha value is -2.09. The van der Waals surface area contributed by atoms with Crippen LogP contribution in [0.1, 0.15) is 15.9 Å². The third-order valence-electron chi connectivity index (χ3n) is 3.32. The SMILES string of the molecule is C=CCSc1nnc(NC(=O)c2ccc(CSc3ccccc3)cc2)s1. The number of thioether (sulfide) groups is 2. The lowest BCUT2D eigenvalue weighted by Crippen LogP contribution is -2.11. The fourth-order valence-electron chi connectivity index (χ4n) is 2.05. The van der Waals surface area contributed by atoms with Crippen LogP contribution in [-0.2, 0) is 5.75 Å². The molecule has 2 aromatic carbocycles. The molecular formula is C19H17N3OS3. The standard InChI is InChI=1S/C19H17N3OS3/c1-2-12-24-19-22-21-18(26-19)20-17(23)15-10-8-14(9-11-15)13-25-16-6-4-3-5-7-16/h2-11H,1,12-13H2,(H,20,21,23). The van der Waals surface area contributed by atoms with Gasteiger partial charge in [-0.15, -0.1) is 28.5 Å². The van der Waals surface area contributed by atoms with E-state index in [1.54, 1.807) is 23.5 Å². The van der Waals surface area contributed by atoms with Crippen molar-refractivity contribution in [3.05, 3.63) is 78.4 Å². The second-order valence-corrected chi connectivity index (χ2v) is 8.52. The summed E-state index contributed by atoms with van der Waals surface area (Å²) in [5.74, 6) is 1.46. The minimum atomic E-state index is -0.177. The van der Waals surface area contributed by atoms with Crippen molar-refractivity contribution in [1.29, 1.82) is 0 Å². The second-order valence-electron chi connectivity index (χ2n) is 5.23. The molecular weight excluding hydrogens is 382 g/mol. The summed E-state index contributed by atoms with van der Waals surface area (Å²) >= 11 is 4.68. The average Bonchev–Trinajstić information content (AvgIpc) is 3.13. The van der Waals surface area contributed by atoms with Crippen molar-refractivity contribution in [3.63, 3.8) is 0 Å². The molecule has 0 fully saturated rings.